The molecule has 1 N–H and O–H groups in total. The second-order valence-electron chi connectivity index (χ2n) is 7.97. The largest absolute Gasteiger partial charge is 0.348 e. The van der Waals surface area contributed by atoms with Crippen molar-refractivity contribution < 1.29 is 9.18 Å². The average molecular weight is 480 g/mol. The zero-order chi connectivity index (χ0) is 24.4. The summed E-state index contributed by atoms with van der Waals surface area (Å²) in [4.78, 5) is 40.3. The van der Waals surface area contributed by atoms with E-state index in [0.29, 0.717) is 5.02 Å². The summed E-state index contributed by atoms with van der Waals surface area (Å²) < 4.78 is 16.6. The zero-order valence-corrected chi connectivity index (χ0v) is 19.4. The Morgan fingerprint density at radius 3 is 2.38 bits per heavy atom. The fraction of sp³-hybridized carbons (Fsp3) is 0.192. The number of hydrogen-bond donors (Lipinski definition) is 1. The topological polar surface area (TPSA) is 73.1 Å². The van der Waals surface area contributed by atoms with Gasteiger partial charge in [-0.1, -0.05) is 61.0 Å². The predicted octanol–water partition coefficient (Wildman–Crippen LogP) is 4.77. The van der Waals surface area contributed by atoms with Crippen LogP contribution in [0, 0.1) is 5.82 Å². The number of carbonyl (C=O) groups excluding carboxylic acids is 1. The molecule has 1 aromatic heterocycles. The third kappa shape index (κ3) is 4.26. The van der Waals surface area contributed by atoms with E-state index in [9.17, 15) is 18.8 Å². The fourth-order valence-corrected chi connectivity index (χ4v) is 4.24. The smallest absolute Gasteiger partial charge is 0.336 e. The van der Waals surface area contributed by atoms with Gasteiger partial charge in [-0.25, -0.2) is 13.8 Å². The maximum atomic E-state index is 14.6. The Hall–Kier alpha value is -3.71. The highest BCUT2D eigenvalue weighted by atomic mass is 35.5. The van der Waals surface area contributed by atoms with Gasteiger partial charge in [0, 0.05) is 5.02 Å². The van der Waals surface area contributed by atoms with Crippen molar-refractivity contribution >= 4 is 28.4 Å². The van der Waals surface area contributed by atoms with Crippen LogP contribution >= 0.6 is 11.6 Å². The number of aromatic nitrogens is 2. The lowest BCUT2D eigenvalue weighted by atomic mass is 10.1. The van der Waals surface area contributed by atoms with Gasteiger partial charge in [-0.15, -0.1) is 0 Å². The second kappa shape index (κ2) is 9.65. The minimum absolute atomic E-state index is 0.148. The molecule has 2 unspecified atom stereocenters. The summed E-state index contributed by atoms with van der Waals surface area (Å²) in [6, 6.07) is 18.1. The minimum Gasteiger partial charge on any atom is -0.348 e. The highest BCUT2D eigenvalue weighted by molar-refractivity contribution is 6.31. The summed E-state index contributed by atoms with van der Waals surface area (Å²) in [5, 5.41) is 3.39. The Labute approximate surface area is 200 Å². The van der Waals surface area contributed by atoms with Gasteiger partial charge in [0.1, 0.15) is 11.9 Å². The lowest BCUT2D eigenvalue weighted by Gasteiger charge is -2.24. The van der Waals surface area contributed by atoms with Crippen molar-refractivity contribution in [3.63, 3.8) is 0 Å². The van der Waals surface area contributed by atoms with Gasteiger partial charge in [-0.3, -0.25) is 14.2 Å². The van der Waals surface area contributed by atoms with Crippen molar-refractivity contribution in [2.75, 3.05) is 0 Å². The van der Waals surface area contributed by atoms with Crippen LogP contribution in [0.3, 0.4) is 0 Å². The van der Waals surface area contributed by atoms with Crippen LogP contribution in [0.5, 0.6) is 0 Å². The SMILES string of the molecule is CCC(C(=O)NC(C)c1ccccc1)n1c(=O)n(-c2ccccc2F)c(=O)c2ccc(Cl)cc21. The van der Waals surface area contributed by atoms with Crippen LogP contribution in [-0.4, -0.2) is 15.0 Å². The number of benzene rings is 3. The third-order valence-corrected chi connectivity index (χ3v) is 6.04. The molecule has 1 heterocycles. The van der Waals surface area contributed by atoms with Crippen molar-refractivity contribution in [2.24, 2.45) is 0 Å². The lowest BCUT2D eigenvalue weighted by Crippen LogP contribution is -2.45. The number of nitrogens with zero attached hydrogens (tertiary/aromatic N) is 2. The molecule has 6 nitrogen and oxygen atoms in total. The van der Waals surface area contributed by atoms with Gasteiger partial charge in [0.25, 0.3) is 5.56 Å². The molecule has 8 heteroatoms. The standard InChI is InChI=1S/C26H23ClFN3O3/c1-3-21(24(32)29-16(2)17-9-5-4-6-10-17)30-23-15-18(27)13-14-19(23)25(33)31(26(30)34)22-12-8-7-11-20(22)28/h4-16,21H,3H2,1-2H3,(H,29,32). The lowest BCUT2D eigenvalue weighted by molar-refractivity contribution is -0.125. The van der Waals surface area contributed by atoms with E-state index in [1.807, 2.05) is 37.3 Å². The summed E-state index contributed by atoms with van der Waals surface area (Å²) in [7, 11) is 0. The number of rotatable bonds is 6. The van der Waals surface area contributed by atoms with Crippen LogP contribution in [-0.2, 0) is 4.79 Å². The summed E-state index contributed by atoms with van der Waals surface area (Å²) in [6.45, 7) is 3.61. The molecule has 0 aliphatic carbocycles. The first-order valence-corrected chi connectivity index (χ1v) is 11.3. The van der Waals surface area contributed by atoms with Crippen molar-refractivity contribution in [3.8, 4) is 5.69 Å². The molecule has 0 aliphatic rings. The molecule has 0 spiro atoms. The number of halogens is 2. The van der Waals surface area contributed by atoms with Crippen LogP contribution in [0.25, 0.3) is 16.6 Å². The number of fused-ring (bicyclic) bond motifs is 1. The highest BCUT2D eigenvalue weighted by Gasteiger charge is 2.27. The summed E-state index contributed by atoms with van der Waals surface area (Å²) in [6.07, 6.45) is 0.254. The van der Waals surface area contributed by atoms with E-state index < -0.39 is 29.0 Å². The maximum absolute atomic E-state index is 14.6. The van der Waals surface area contributed by atoms with Gasteiger partial charge in [-0.2, -0.15) is 0 Å². The first kappa shape index (κ1) is 23.4. The second-order valence-corrected chi connectivity index (χ2v) is 8.41. The van der Waals surface area contributed by atoms with Crippen molar-refractivity contribution in [3.05, 3.63) is 110 Å². The van der Waals surface area contributed by atoms with Crippen molar-refractivity contribution in [1.82, 2.24) is 14.5 Å². The molecule has 4 rings (SSSR count). The van der Waals surface area contributed by atoms with Gasteiger partial charge in [0.2, 0.25) is 5.91 Å². The Balaban J connectivity index is 1.92. The molecule has 0 saturated heterocycles. The van der Waals surface area contributed by atoms with Gasteiger partial charge in [0.15, 0.2) is 0 Å². The van der Waals surface area contributed by atoms with E-state index in [1.54, 1.807) is 6.92 Å². The summed E-state index contributed by atoms with van der Waals surface area (Å²) >= 11 is 6.18. The van der Waals surface area contributed by atoms with Crippen LogP contribution in [0.2, 0.25) is 5.02 Å². The van der Waals surface area contributed by atoms with Crippen LogP contribution in [0.1, 0.15) is 37.9 Å². The number of para-hydroxylation sites is 1. The number of hydrogen-bond acceptors (Lipinski definition) is 3. The molecule has 0 aliphatic heterocycles. The predicted molar refractivity (Wildman–Crippen MR) is 131 cm³/mol. The van der Waals surface area contributed by atoms with E-state index in [1.165, 1.54) is 47.0 Å². The van der Waals surface area contributed by atoms with E-state index in [2.05, 4.69) is 5.32 Å². The molecular formula is C26H23ClFN3O3. The Morgan fingerprint density at radius 2 is 1.71 bits per heavy atom. The van der Waals surface area contributed by atoms with E-state index in [4.69, 9.17) is 11.6 Å². The van der Waals surface area contributed by atoms with Crippen molar-refractivity contribution in [1.29, 1.82) is 0 Å². The van der Waals surface area contributed by atoms with Crippen molar-refractivity contribution in [2.45, 2.75) is 32.4 Å². The van der Waals surface area contributed by atoms with E-state index >= 15 is 0 Å². The molecule has 174 valence electrons. The molecule has 4 aromatic rings. The quantitative estimate of drug-likeness (QED) is 0.433. The molecule has 0 saturated carbocycles. The number of carbonyl (C=O) groups is 1. The van der Waals surface area contributed by atoms with Gasteiger partial charge in [-0.05, 0) is 49.2 Å². The minimum atomic E-state index is -0.960. The average Bonchev–Trinajstić information content (AvgIpc) is 2.83. The molecule has 3 aromatic carbocycles. The summed E-state index contributed by atoms with van der Waals surface area (Å²) in [5.41, 5.74) is -0.576. The maximum Gasteiger partial charge on any atom is 0.336 e. The van der Waals surface area contributed by atoms with Gasteiger partial charge >= 0.3 is 5.69 Å². The first-order valence-electron chi connectivity index (χ1n) is 10.9. The first-order chi connectivity index (χ1) is 16.3. The molecule has 0 bridgehead atoms. The van der Waals surface area contributed by atoms with Gasteiger partial charge in [0.05, 0.1) is 22.6 Å². The summed E-state index contributed by atoms with van der Waals surface area (Å²) in [5.74, 6) is -1.13. The van der Waals surface area contributed by atoms with E-state index in [-0.39, 0.29) is 29.1 Å². The molecule has 34 heavy (non-hydrogen) atoms. The molecule has 1 amide bonds. The fourth-order valence-electron chi connectivity index (χ4n) is 4.07. The molecule has 0 fully saturated rings. The molecule has 2 atom stereocenters. The zero-order valence-electron chi connectivity index (χ0n) is 18.7. The number of nitrogens with one attached hydrogen (secondary N) is 1. The van der Waals surface area contributed by atoms with Crippen LogP contribution in [0.4, 0.5) is 4.39 Å². The monoisotopic (exact) mass is 479 g/mol. The Kier molecular flexibility index (Phi) is 6.65. The normalized spacial score (nSPS) is 12.9. The van der Waals surface area contributed by atoms with Crippen LogP contribution < -0.4 is 16.6 Å². The van der Waals surface area contributed by atoms with Crippen LogP contribution in [0.15, 0.2) is 82.4 Å². The third-order valence-electron chi connectivity index (χ3n) is 5.80. The van der Waals surface area contributed by atoms with Gasteiger partial charge < -0.3 is 5.32 Å². The molecular weight excluding hydrogens is 457 g/mol. The highest BCUT2D eigenvalue weighted by Crippen LogP contribution is 2.23. The van der Waals surface area contributed by atoms with E-state index in [0.717, 1.165) is 10.1 Å². The number of amides is 1. The molecule has 0 radical (unpaired) electrons. The Morgan fingerprint density at radius 1 is 1.03 bits per heavy atom. The Bertz CT molecular complexity index is 1480.